The van der Waals surface area contributed by atoms with Crippen molar-refractivity contribution in [2.24, 2.45) is 0 Å². The average Bonchev–Trinajstić information content (AvgIpc) is 3.35. The molecular weight excluding hydrogens is 511 g/mol. The molecule has 0 bridgehead atoms. The molecule has 3 N–H and O–H groups in total. The highest BCUT2D eigenvalue weighted by molar-refractivity contribution is 6.13. The van der Waals surface area contributed by atoms with Crippen LogP contribution in [0.5, 0.6) is 0 Å². The van der Waals surface area contributed by atoms with Gasteiger partial charge in [0.2, 0.25) is 5.91 Å². The van der Waals surface area contributed by atoms with Crippen LogP contribution in [0.3, 0.4) is 0 Å². The number of carbonyl (C=O) groups excluding carboxylic acids is 2. The minimum Gasteiger partial charge on any atom is -0.478 e. The van der Waals surface area contributed by atoms with E-state index >= 15 is 0 Å². The zero-order valence-corrected chi connectivity index (χ0v) is 21.0. The van der Waals surface area contributed by atoms with Gasteiger partial charge in [0.15, 0.2) is 5.78 Å². The summed E-state index contributed by atoms with van der Waals surface area (Å²) < 4.78 is 39.5. The van der Waals surface area contributed by atoms with Gasteiger partial charge in [-0.3, -0.25) is 9.59 Å². The van der Waals surface area contributed by atoms with Gasteiger partial charge < -0.3 is 20.6 Å². The van der Waals surface area contributed by atoms with E-state index in [0.29, 0.717) is 18.7 Å². The number of carboxylic acids is 1. The Morgan fingerprint density at radius 1 is 1.08 bits per heavy atom. The van der Waals surface area contributed by atoms with E-state index in [4.69, 9.17) is 10.8 Å². The summed E-state index contributed by atoms with van der Waals surface area (Å²) >= 11 is 0. The smallest absolute Gasteiger partial charge is 0.416 e. The van der Waals surface area contributed by atoms with Gasteiger partial charge in [-0.15, -0.1) is 12.4 Å². The molecule has 0 aliphatic carbocycles. The van der Waals surface area contributed by atoms with E-state index in [2.05, 4.69) is 4.90 Å². The third-order valence-corrected chi connectivity index (χ3v) is 6.28. The first-order chi connectivity index (χ1) is 17.0. The van der Waals surface area contributed by atoms with Crippen LogP contribution in [0.1, 0.15) is 41.5 Å². The van der Waals surface area contributed by atoms with E-state index in [9.17, 15) is 27.6 Å². The number of benzene rings is 2. The van der Waals surface area contributed by atoms with E-state index in [1.165, 1.54) is 11.9 Å². The van der Waals surface area contributed by atoms with Crippen molar-refractivity contribution in [2.75, 3.05) is 32.4 Å². The summed E-state index contributed by atoms with van der Waals surface area (Å²) in [5.74, 6) is -4.61. The van der Waals surface area contributed by atoms with Crippen molar-refractivity contribution in [3.63, 3.8) is 0 Å². The number of likely N-dealkylation sites (N-methyl/N-ethyl adjacent to an activating group) is 1. The molecule has 1 saturated heterocycles. The second-order valence-electron chi connectivity index (χ2n) is 8.73. The first-order valence-electron chi connectivity index (χ1n) is 11.4. The number of nitrogen functional groups attached to an aromatic ring is 1. The summed E-state index contributed by atoms with van der Waals surface area (Å²) in [7, 11) is 1.53. The first kappa shape index (κ1) is 29.9. The van der Waals surface area contributed by atoms with Crippen molar-refractivity contribution in [3.8, 4) is 0 Å². The van der Waals surface area contributed by atoms with Crippen molar-refractivity contribution in [3.05, 3.63) is 77.4 Å². The van der Waals surface area contributed by atoms with Crippen LogP contribution in [0.2, 0.25) is 0 Å². The Balaban J connectivity index is 0.00000481. The monoisotopic (exact) mass is 539 g/mol. The number of ketones is 1. The number of alkyl halides is 3. The maximum atomic E-state index is 13.8. The number of rotatable bonds is 9. The third-order valence-electron chi connectivity index (χ3n) is 6.28. The highest BCUT2D eigenvalue weighted by Crippen LogP contribution is 2.35. The lowest BCUT2D eigenvalue weighted by Crippen LogP contribution is -2.42. The number of halogens is 4. The molecule has 2 aromatic rings. The van der Waals surface area contributed by atoms with E-state index in [1.807, 2.05) is 30.3 Å². The Bertz CT molecular complexity index is 1140. The van der Waals surface area contributed by atoms with Crippen LogP contribution in [0.15, 0.2) is 60.7 Å². The Morgan fingerprint density at radius 2 is 1.70 bits per heavy atom. The molecule has 2 atom stereocenters. The molecule has 1 heterocycles. The number of amides is 1. The van der Waals surface area contributed by atoms with Crippen LogP contribution in [-0.4, -0.2) is 59.2 Å². The lowest BCUT2D eigenvalue weighted by atomic mass is 9.89. The number of hydrogen-bond acceptors (Lipinski definition) is 5. The molecule has 2 aromatic carbocycles. The van der Waals surface area contributed by atoms with Crippen LogP contribution in [0.25, 0.3) is 0 Å². The molecule has 0 radical (unpaired) electrons. The third kappa shape index (κ3) is 7.56. The normalized spacial score (nSPS) is 15.7. The van der Waals surface area contributed by atoms with E-state index in [0.717, 1.165) is 49.7 Å². The molecule has 1 aliphatic heterocycles. The van der Waals surface area contributed by atoms with Crippen molar-refractivity contribution in [1.29, 1.82) is 0 Å². The zero-order valence-electron chi connectivity index (χ0n) is 20.1. The summed E-state index contributed by atoms with van der Waals surface area (Å²) in [6.07, 6.45) is -1.29. The molecule has 0 aromatic heterocycles. The van der Waals surface area contributed by atoms with Gasteiger partial charge in [-0.1, -0.05) is 36.4 Å². The van der Waals surface area contributed by atoms with Crippen LogP contribution >= 0.6 is 12.4 Å². The highest BCUT2D eigenvalue weighted by atomic mass is 35.5. The fourth-order valence-corrected chi connectivity index (χ4v) is 4.37. The van der Waals surface area contributed by atoms with Crippen molar-refractivity contribution >= 4 is 35.8 Å². The van der Waals surface area contributed by atoms with Crippen LogP contribution in [0.4, 0.5) is 18.9 Å². The number of nitrogens with two attached hydrogens (primary N) is 1. The van der Waals surface area contributed by atoms with Gasteiger partial charge in [0.1, 0.15) is 5.92 Å². The van der Waals surface area contributed by atoms with Gasteiger partial charge in [0.05, 0.1) is 11.6 Å². The van der Waals surface area contributed by atoms with E-state index < -0.39 is 41.4 Å². The van der Waals surface area contributed by atoms with Gasteiger partial charge in [-0.25, -0.2) is 4.79 Å². The number of carboxylic acid groups (broad SMARTS) is 1. The number of carbonyl (C=O) groups is 3. The summed E-state index contributed by atoms with van der Waals surface area (Å²) in [6.45, 7) is 2.22. The number of anilines is 1. The Labute approximate surface area is 219 Å². The summed E-state index contributed by atoms with van der Waals surface area (Å²) in [5.41, 5.74) is 5.20. The number of aliphatic carboxylic acids is 1. The minimum atomic E-state index is -4.66. The molecule has 3 rings (SSSR count). The fourth-order valence-electron chi connectivity index (χ4n) is 4.37. The average molecular weight is 540 g/mol. The predicted octanol–water partition coefficient (Wildman–Crippen LogP) is 4.30. The fraction of sp³-hybridized carbons (Fsp3) is 0.346. The molecule has 200 valence electrons. The summed E-state index contributed by atoms with van der Waals surface area (Å²) in [5, 5.41) is 8.95. The number of hydrogen-bond donors (Lipinski definition) is 2. The lowest BCUT2D eigenvalue weighted by molar-refractivity contribution is -0.138. The zero-order chi connectivity index (χ0) is 26.5. The predicted molar refractivity (Wildman–Crippen MR) is 135 cm³/mol. The van der Waals surface area contributed by atoms with Gasteiger partial charge >= 0.3 is 12.1 Å². The van der Waals surface area contributed by atoms with Crippen LogP contribution < -0.4 is 5.73 Å². The Hall–Kier alpha value is -3.37. The second kappa shape index (κ2) is 12.7. The second-order valence-corrected chi connectivity index (χ2v) is 8.73. The van der Waals surface area contributed by atoms with Gasteiger partial charge in [-0.05, 0) is 55.3 Å². The largest absolute Gasteiger partial charge is 0.478 e. The van der Waals surface area contributed by atoms with Crippen molar-refractivity contribution in [1.82, 2.24) is 9.80 Å². The van der Waals surface area contributed by atoms with Gasteiger partial charge in [-0.2, -0.15) is 13.2 Å². The molecule has 7 nitrogen and oxygen atoms in total. The van der Waals surface area contributed by atoms with Crippen molar-refractivity contribution < 1.29 is 32.7 Å². The molecule has 1 fully saturated rings. The quantitative estimate of drug-likeness (QED) is 0.280. The first-order valence-corrected chi connectivity index (χ1v) is 11.4. The molecule has 0 spiro atoms. The SMILES string of the molecule is CN(C(=O)C(C(=O)/C=C/C(=O)O)c1ccc(C(F)(F)F)cc1N)C(CN1CCCC1)c1ccccc1.Cl. The maximum Gasteiger partial charge on any atom is 0.416 e. The van der Waals surface area contributed by atoms with Gasteiger partial charge in [0.25, 0.3) is 0 Å². The topological polar surface area (TPSA) is 104 Å². The Kier molecular flexibility index (Phi) is 10.3. The molecule has 11 heteroatoms. The molecule has 0 saturated carbocycles. The number of nitrogens with zero attached hydrogens (tertiary/aromatic N) is 2. The van der Waals surface area contributed by atoms with Crippen molar-refractivity contribution in [2.45, 2.75) is 31.0 Å². The Morgan fingerprint density at radius 3 is 2.24 bits per heavy atom. The lowest BCUT2D eigenvalue weighted by Gasteiger charge is -2.34. The minimum absolute atomic E-state index is 0. The summed E-state index contributed by atoms with van der Waals surface area (Å²) in [4.78, 5) is 41.4. The van der Waals surface area contributed by atoms with Gasteiger partial charge in [0, 0.05) is 25.4 Å². The van der Waals surface area contributed by atoms with Crippen LogP contribution in [-0.2, 0) is 20.6 Å². The summed E-state index contributed by atoms with van der Waals surface area (Å²) in [6, 6.07) is 11.2. The number of likely N-dealkylation sites (tertiary alicyclic amines) is 1. The molecule has 1 aliphatic rings. The molecule has 37 heavy (non-hydrogen) atoms. The van der Waals surface area contributed by atoms with Crippen LogP contribution in [0, 0.1) is 0 Å². The van der Waals surface area contributed by atoms with E-state index in [1.54, 1.807) is 0 Å². The highest BCUT2D eigenvalue weighted by Gasteiger charge is 2.37. The molecule has 2 unspecified atom stereocenters. The molecule has 1 amide bonds. The standard InChI is InChI=1S/C26H28F3N3O4.ClH/c1-31(21(16-32-13-5-6-14-32)17-7-3-2-4-8-17)25(36)24(22(33)11-12-23(34)35)19-10-9-18(15-20(19)30)26(27,28)29;/h2-4,7-12,15,21,24H,5-6,13-14,16,30H2,1H3,(H,34,35);1H/b12-11+;. The molecular formula is C26H29ClF3N3O4. The maximum absolute atomic E-state index is 13.8. The van der Waals surface area contributed by atoms with E-state index in [-0.39, 0.29) is 23.7 Å². The number of allylic oxidation sites excluding steroid dienone is 1.